The normalized spacial score (nSPS) is 8.90. The average Bonchev–Trinajstić information content (AvgIpc) is 2.42. The van der Waals surface area contributed by atoms with E-state index < -0.39 is 0 Å². The van der Waals surface area contributed by atoms with Gasteiger partial charge in [0.25, 0.3) is 0 Å². The minimum Gasteiger partial charge on any atom is -0.263 e. The van der Waals surface area contributed by atoms with E-state index in [0.717, 1.165) is 5.82 Å². The molecule has 0 aliphatic heterocycles. The first-order valence-corrected chi connectivity index (χ1v) is 3.66. The number of rotatable bonds is 1. The van der Waals surface area contributed by atoms with Gasteiger partial charge in [-0.25, -0.2) is 4.98 Å². The summed E-state index contributed by atoms with van der Waals surface area (Å²) in [6, 6.07) is 0. The van der Waals surface area contributed by atoms with E-state index in [1.807, 2.05) is 13.8 Å². The van der Waals surface area contributed by atoms with E-state index in [-0.39, 0.29) is 1.43 Å². The molecule has 0 aromatic carbocycles. The Hall–Kier alpha value is -0.860. The van der Waals surface area contributed by atoms with E-state index in [1.165, 1.54) is 6.33 Å². The predicted molar refractivity (Wildman–Crippen MR) is 43.9 cm³/mol. The third kappa shape index (κ3) is 2.62. The maximum atomic E-state index is 3.95. The topological polar surface area (TPSA) is 41.6 Å². The molecule has 60 valence electrons. The van der Waals surface area contributed by atoms with Gasteiger partial charge in [-0.2, -0.15) is 5.10 Å². The molecule has 1 rings (SSSR count). The van der Waals surface area contributed by atoms with Crippen molar-refractivity contribution in [3.63, 3.8) is 0 Å². The van der Waals surface area contributed by atoms with Crippen LogP contribution in [0, 0.1) is 0 Å². The lowest BCUT2D eigenvalue weighted by atomic mass is 10.2. The summed E-state index contributed by atoms with van der Waals surface area (Å²) in [5.41, 5.74) is 0. The Balaban J connectivity index is 0. The zero-order valence-electron chi connectivity index (χ0n) is 7.05. The van der Waals surface area contributed by atoms with Gasteiger partial charge in [0.05, 0.1) is 0 Å². The van der Waals surface area contributed by atoms with Crippen LogP contribution in [0.5, 0.6) is 0 Å². The molecule has 0 spiro atoms. The number of aromatic amines is 1. The first kappa shape index (κ1) is 9.14. The zero-order chi connectivity index (χ0) is 7.98. The quantitative estimate of drug-likeness (QED) is 0.654. The van der Waals surface area contributed by atoms with Crippen LogP contribution in [0.25, 0.3) is 0 Å². The van der Waals surface area contributed by atoms with Crippen LogP contribution in [0.4, 0.5) is 0 Å². The van der Waals surface area contributed by atoms with Crippen molar-refractivity contribution in [1.82, 2.24) is 15.2 Å². The van der Waals surface area contributed by atoms with Gasteiger partial charge in [0, 0.05) is 7.34 Å². The van der Waals surface area contributed by atoms with E-state index in [2.05, 4.69) is 29.0 Å². The van der Waals surface area contributed by atoms with Crippen LogP contribution in [0.3, 0.4) is 0 Å². The fourth-order valence-corrected chi connectivity index (χ4v) is 0.493. The lowest BCUT2D eigenvalue weighted by Gasteiger charge is -1.93. The Morgan fingerprint density at radius 3 is 2.30 bits per heavy atom. The minimum absolute atomic E-state index is 0. The third-order valence-corrected chi connectivity index (χ3v) is 0.981. The fraction of sp³-hybridized carbons (Fsp3) is 0.714. The highest BCUT2D eigenvalue weighted by atomic mass is 15.2. The number of aromatic nitrogens is 3. The van der Waals surface area contributed by atoms with Gasteiger partial charge in [0.2, 0.25) is 0 Å². The molecule has 0 aliphatic rings. The van der Waals surface area contributed by atoms with Crippen molar-refractivity contribution < 1.29 is 1.43 Å². The number of H-pyrrole nitrogens is 1. The second-order valence-electron chi connectivity index (χ2n) is 2.03. The van der Waals surface area contributed by atoms with E-state index in [4.69, 9.17) is 0 Å². The van der Waals surface area contributed by atoms with Gasteiger partial charge >= 0.3 is 0 Å². The standard InChI is InChI=1S/C5H9N3.C2H6.H2/c1-4(2)5-6-3-7-8-5;1-2;/h3-4H,1-2H3,(H,6,7,8);1-2H3;1H. The summed E-state index contributed by atoms with van der Waals surface area (Å²) in [5, 5.41) is 6.48. The van der Waals surface area contributed by atoms with Crippen LogP contribution in [-0.4, -0.2) is 15.2 Å². The van der Waals surface area contributed by atoms with Gasteiger partial charge in [0.15, 0.2) is 0 Å². The molecule has 0 atom stereocenters. The third-order valence-electron chi connectivity index (χ3n) is 0.981. The molecular formula is C7H17N3. The highest BCUT2D eigenvalue weighted by molar-refractivity contribution is 4.86. The fourth-order valence-electron chi connectivity index (χ4n) is 0.493. The van der Waals surface area contributed by atoms with Crippen LogP contribution in [0.1, 0.15) is 40.9 Å². The lowest BCUT2D eigenvalue weighted by Crippen LogP contribution is -1.88. The van der Waals surface area contributed by atoms with Crippen LogP contribution < -0.4 is 0 Å². The summed E-state index contributed by atoms with van der Waals surface area (Å²) in [6.45, 7) is 8.14. The van der Waals surface area contributed by atoms with Gasteiger partial charge in [-0.05, 0) is 0 Å². The highest BCUT2D eigenvalue weighted by Crippen LogP contribution is 2.04. The Labute approximate surface area is 63.4 Å². The molecule has 0 aliphatic carbocycles. The molecule has 0 unspecified atom stereocenters. The lowest BCUT2D eigenvalue weighted by molar-refractivity contribution is 0.781. The number of nitrogens with one attached hydrogen (secondary N) is 1. The molecule has 0 amide bonds. The summed E-state index contributed by atoms with van der Waals surface area (Å²) >= 11 is 0. The average molecular weight is 143 g/mol. The van der Waals surface area contributed by atoms with Crippen LogP contribution in [-0.2, 0) is 0 Å². The summed E-state index contributed by atoms with van der Waals surface area (Å²) < 4.78 is 0. The molecule has 3 nitrogen and oxygen atoms in total. The van der Waals surface area contributed by atoms with Crippen molar-refractivity contribution in [2.75, 3.05) is 0 Å². The van der Waals surface area contributed by atoms with E-state index in [9.17, 15) is 0 Å². The largest absolute Gasteiger partial charge is 0.263 e. The molecule has 0 radical (unpaired) electrons. The first-order chi connectivity index (χ1) is 4.80. The van der Waals surface area contributed by atoms with Crippen molar-refractivity contribution >= 4 is 0 Å². The van der Waals surface area contributed by atoms with Crippen molar-refractivity contribution in [3.05, 3.63) is 12.2 Å². The Morgan fingerprint density at radius 2 is 2.10 bits per heavy atom. The minimum atomic E-state index is 0. The Kier molecular flexibility index (Phi) is 4.54. The van der Waals surface area contributed by atoms with Gasteiger partial charge in [-0.1, -0.05) is 27.7 Å². The number of hydrogen-bond donors (Lipinski definition) is 1. The second-order valence-corrected chi connectivity index (χ2v) is 2.03. The van der Waals surface area contributed by atoms with E-state index in [0.29, 0.717) is 5.92 Å². The van der Waals surface area contributed by atoms with Crippen molar-refractivity contribution in [2.24, 2.45) is 0 Å². The van der Waals surface area contributed by atoms with Crippen molar-refractivity contribution in [1.29, 1.82) is 0 Å². The summed E-state index contributed by atoms with van der Waals surface area (Å²) in [7, 11) is 0. The van der Waals surface area contributed by atoms with Gasteiger partial charge in [-0.15, -0.1) is 0 Å². The second kappa shape index (κ2) is 4.97. The molecular weight excluding hydrogens is 126 g/mol. The molecule has 1 aromatic heterocycles. The summed E-state index contributed by atoms with van der Waals surface area (Å²) in [5.74, 6) is 1.41. The molecule has 1 heterocycles. The smallest absolute Gasteiger partial charge is 0.137 e. The number of hydrogen-bond acceptors (Lipinski definition) is 2. The van der Waals surface area contributed by atoms with Gasteiger partial charge in [0.1, 0.15) is 12.2 Å². The molecule has 1 aromatic rings. The van der Waals surface area contributed by atoms with E-state index in [1.54, 1.807) is 0 Å². The van der Waals surface area contributed by atoms with Gasteiger partial charge in [-0.3, -0.25) is 5.10 Å². The zero-order valence-corrected chi connectivity index (χ0v) is 7.05. The molecule has 0 saturated carbocycles. The van der Waals surface area contributed by atoms with Gasteiger partial charge < -0.3 is 0 Å². The van der Waals surface area contributed by atoms with Crippen LogP contribution in [0.2, 0.25) is 0 Å². The molecule has 0 bridgehead atoms. The first-order valence-electron chi connectivity index (χ1n) is 3.66. The highest BCUT2D eigenvalue weighted by Gasteiger charge is 1.97. The summed E-state index contributed by atoms with van der Waals surface area (Å²) in [4.78, 5) is 3.95. The maximum absolute atomic E-state index is 3.95. The molecule has 0 fully saturated rings. The maximum Gasteiger partial charge on any atom is 0.137 e. The van der Waals surface area contributed by atoms with Crippen molar-refractivity contribution in [3.8, 4) is 0 Å². The SMILES string of the molecule is CC.CC(C)c1ncn[nH]1.[HH]. The molecule has 1 N–H and O–H groups in total. The number of nitrogens with zero attached hydrogens (tertiary/aromatic N) is 2. The predicted octanol–water partition coefficient (Wildman–Crippen LogP) is 2.20. The molecule has 0 saturated heterocycles. The Bertz CT molecular complexity index is 149. The monoisotopic (exact) mass is 143 g/mol. The van der Waals surface area contributed by atoms with E-state index >= 15 is 0 Å². The van der Waals surface area contributed by atoms with Crippen LogP contribution >= 0.6 is 0 Å². The van der Waals surface area contributed by atoms with Crippen molar-refractivity contribution in [2.45, 2.75) is 33.6 Å². The Morgan fingerprint density at radius 1 is 1.50 bits per heavy atom. The van der Waals surface area contributed by atoms with Crippen LogP contribution in [0.15, 0.2) is 6.33 Å². The molecule has 10 heavy (non-hydrogen) atoms. The molecule has 3 heteroatoms. The summed E-state index contributed by atoms with van der Waals surface area (Å²) in [6.07, 6.45) is 1.52.